The SMILES string of the molecule is Cc1ccc([C@H]2[C@H]3C(=O)N(c4ccccc4Br)C(=O)[C@H]3ON2c2ccccc2)cc1. The van der Waals surface area contributed by atoms with Gasteiger partial charge in [0, 0.05) is 4.47 Å². The molecule has 3 atom stereocenters. The van der Waals surface area contributed by atoms with Gasteiger partial charge < -0.3 is 0 Å². The molecule has 5 nitrogen and oxygen atoms in total. The lowest BCUT2D eigenvalue weighted by Gasteiger charge is -2.29. The molecule has 2 aliphatic heterocycles. The van der Waals surface area contributed by atoms with Crippen molar-refractivity contribution in [2.75, 3.05) is 9.96 Å². The van der Waals surface area contributed by atoms with E-state index in [4.69, 9.17) is 4.84 Å². The van der Waals surface area contributed by atoms with E-state index in [0.717, 1.165) is 16.8 Å². The molecule has 0 aliphatic carbocycles. The van der Waals surface area contributed by atoms with Gasteiger partial charge in [0.05, 0.1) is 17.4 Å². The summed E-state index contributed by atoms with van der Waals surface area (Å²) in [4.78, 5) is 34.2. The average molecular weight is 463 g/mol. The topological polar surface area (TPSA) is 49.9 Å². The maximum atomic E-state index is 13.6. The van der Waals surface area contributed by atoms with Crippen molar-refractivity contribution < 1.29 is 14.4 Å². The van der Waals surface area contributed by atoms with E-state index in [1.807, 2.05) is 79.7 Å². The van der Waals surface area contributed by atoms with Crippen LogP contribution in [0.2, 0.25) is 0 Å². The summed E-state index contributed by atoms with van der Waals surface area (Å²) in [5, 5.41) is 1.72. The van der Waals surface area contributed by atoms with E-state index in [0.29, 0.717) is 10.2 Å². The zero-order valence-corrected chi connectivity index (χ0v) is 17.8. The number of nitrogens with zero attached hydrogens (tertiary/aromatic N) is 2. The van der Waals surface area contributed by atoms with Crippen molar-refractivity contribution in [2.45, 2.75) is 19.1 Å². The van der Waals surface area contributed by atoms with Crippen molar-refractivity contribution in [2.24, 2.45) is 5.92 Å². The number of rotatable bonds is 3. The van der Waals surface area contributed by atoms with Gasteiger partial charge in [-0.15, -0.1) is 0 Å². The minimum Gasteiger partial charge on any atom is -0.273 e. The summed E-state index contributed by atoms with van der Waals surface area (Å²) in [7, 11) is 0. The zero-order chi connectivity index (χ0) is 20.8. The molecule has 2 fully saturated rings. The maximum Gasteiger partial charge on any atom is 0.266 e. The Hall–Kier alpha value is -2.96. The number of imide groups is 1. The number of hydrogen-bond donors (Lipinski definition) is 0. The van der Waals surface area contributed by atoms with Crippen LogP contribution in [0.3, 0.4) is 0 Å². The molecule has 3 aromatic carbocycles. The molecule has 0 bridgehead atoms. The Morgan fingerprint density at radius 3 is 2.20 bits per heavy atom. The Kier molecular flexibility index (Phi) is 4.68. The fourth-order valence-electron chi connectivity index (χ4n) is 4.19. The molecule has 0 N–H and O–H groups in total. The molecular formula is C24H19BrN2O3. The van der Waals surface area contributed by atoms with E-state index in [2.05, 4.69) is 15.9 Å². The van der Waals surface area contributed by atoms with E-state index < -0.39 is 18.1 Å². The van der Waals surface area contributed by atoms with Crippen LogP contribution in [0, 0.1) is 12.8 Å². The van der Waals surface area contributed by atoms with Gasteiger partial charge in [-0.3, -0.25) is 14.4 Å². The standard InChI is InChI=1S/C24H19BrN2O3/c1-15-11-13-16(14-12-15)21-20-22(30-27(21)17-7-3-2-4-8-17)24(29)26(23(20)28)19-10-6-5-9-18(19)25/h2-14,20-22H,1H3/t20-,21+,22+/m1/s1. The first-order chi connectivity index (χ1) is 14.6. The van der Waals surface area contributed by atoms with Gasteiger partial charge in [-0.05, 0) is 52.7 Å². The molecule has 0 unspecified atom stereocenters. The van der Waals surface area contributed by atoms with Crippen LogP contribution in [0.15, 0.2) is 83.3 Å². The number of amides is 2. The second-order valence-electron chi connectivity index (χ2n) is 7.53. The van der Waals surface area contributed by atoms with Crippen LogP contribution in [0.4, 0.5) is 11.4 Å². The van der Waals surface area contributed by atoms with Crippen LogP contribution in [0.5, 0.6) is 0 Å². The van der Waals surface area contributed by atoms with E-state index >= 15 is 0 Å². The fourth-order valence-corrected chi connectivity index (χ4v) is 4.65. The van der Waals surface area contributed by atoms with E-state index in [9.17, 15) is 9.59 Å². The van der Waals surface area contributed by atoms with Crippen molar-refractivity contribution in [3.05, 3.63) is 94.5 Å². The molecule has 150 valence electrons. The van der Waals surface area contributed by atoms with Crippen molar-refractivity contribution in [3.63, 3.8) is 0 Å². The summed E-state index contributed by atoms with van der Waals surface area (Å²) in [6.45, 7) is 2.02. The lowest BCUT2D eigenvalue weighted by Crippen LogP contribution is -2.37. The molecule has 0 spiro atoms. The second-order valence-corrected chi connectivity index (χ2v) is 8.39. The normalized spacial score (nSPS) is 23.2. The smallest absolute Gasteiger partial charge is 0.266 e. The van der Waals surface area contributed by atoms with E-state index in [-0.39, 0.29) is 11.8 Å². The first kappa shape index (κ1) is 19.0. The van der Waals surface area contributed by atoms with Gasteiger partial charge in [0.25, 0.3) is 5.91 Å². The highest BCUT2D eigenvalue weighted by molar-refractivity contribution is 9.10. The van der Waals surface area contributed by atoms with Crippen molar-refractivity contribution in [3.8, 4) is 0 Å². The summed E-state index contributed by atoms with van der Waals surface area (Å²) in [6.07, 6.45) is -0.865. The summed E-state index contributed by atoms with van der Waals surface area (Å²) in [5.74, 6) is -1.22. The number of benzene rings is 3. The van der Waals surface area contributed by atoms with Crippen LogP contribution in [-0.2, 0) is 14.4 Å². The highest BCUT2D eigenvalue weighted by Crippen LogP contribution is 2.48. The Labute approximate surface area is 183 Å². The van der Waals surface area contributed by atoms with Crippen LogP contribution in [0.1, 0.15) is 17.2 Å². The molecule has 2 aliphatic rings. The summed E-state index contributed by atoms with van der Waals surface area (Å²) in [5.41, 5.74) is 3.42. The maximum absolute atomic E-state index is 13.6. The van der Waals surface area contributed by atoms with Crippen molar-refractivity contribution in [1.82, 2.24) is 0 Å². The molecule has 6 heteroatoms. The Morgan fingerprint density at radius 2 is 1.50 bits per heavy atom. The van der Waals surface area contributed by atoms with Gasteiger partial charge in [0.1, 0.15) is 5.92 Å². The summed E-state index contributed by atoms with van der Waals surface area (Å²) >= 11 is 3.46. The zero-order valence-electron chi connectivity index (χ0n) is 16.2. The lowest BCUT2D eigenvalue weighted by molar-refractivity contribution is -0.126. The minimum atomic E-state index is -0.865. The molecule has 2 saturated heterocycles. The number of aryl methyl sites for hydroxylation is 1. The largest absolute Gasteiger partial charge is 0.273 e. The molecule has 0 radical (unpaired) electrons. The molecule has 30 heavy (non-hydrogen) atoms. The van der Waals surface area contributed by atoms with Gasteiger partial charge in [-0.2, -0.15) is 0 Å². The second kappa shape index (κ2) is 7.38. The first-order valence-electron chi connectivity index (χ1n) is 9.76. The van der Waals surface area contributed by atoms with Crippen molar-refractivity contribution in [1.29, 1.82) is 0 Å². The van der Waals surface area contributed by atoms with Gasteiger partial charge >= 0.3 is 0 Å². The molecular weight excluding hydrogens is 444 g/mol. The lowest BCUT2D eigenvalue weighted by atomic mass is 9.90. The highest BCUT2D eigenvalue weighted by Gasteiger charge is 2.60. The van der Waals surface area contributed by atoms with Gasteiger partial charge in [0.2, 0.25) is 5.91 Å². The minimum absolute atomic E-state index is 0.249. The van der Waals surface area contributed by atoms with Crippen LogP contribution in [-0.4, -0.2) is 17.9 Å². The predicted molar refractivity (Wildman–Crippen MR) is 118 cm³/mol. The number of halogens is 1. The third-order valence-corrected chi connectivity index (χ3v) is 6.31. The Balaban J connectivity index is 1.60. The number of hydroxylamine groups is 1. The monoisotopic (exact) mass is 462 g/mol. The third kappa shape index (κ3) is 2.95. The molecule has 2 heterocycles. The fraction of sp³-hybridized carbons (Fsp3) is 0.167. The van der Waals surface area contributed by atoms with E-state index in [1.54, 1.807) is 11.1 Å². The summed E-state index contributed by atoms with van der Waals surface area (Å²) in [6, 6.07) is 24.4. The van der Waals surface area contributed by atoms with Crippen molar-refractivity contribution >= 4 is 39.1 Å². The molecule has 0 saturated carbocycles. The Bertz CT molecular complexity index is 1120. The molecule has 3 aromatic rings. The van der Waals surface area contributed by atoms with Gasteiger partial charge in [0.15, 0.2) is 6.10 Å². The van der Waals surface area contributed by atoms with Gasteiger partial charge in [-0.25, -0.2) is 9.96 Å². The average Bonchev–Trinajstić information content (AvgIpc) is 3.26. The molecule has 0 aromatic heterocycles. The van der Waals surface area contributed by atoms with Gasteiger partial charge in [-0.1, -0.05) is 60.2 Å². The van der Waals surface area contributed by atoms with Crippen LogP contribution < -0.4 is 9.96 Å². The quantitative estimate of drug-likeness (QED) is 0.524. The number of hydrogen-bond acceptors (Lipinski definition) is 4. The number of para-hydroxylation sites is 2. The number of carbonyl (C=O) groups is 2. The summed E-state index contributed by atoms with van der Waals surface area (Å²) < 4.78 is 0.693. The van der Waals surface area contributed by atoms with E-state index in [1.165, 1.54) is 4.90 Å². The number of carbonyl (C=O) groups excluding carboxylic acids is 2. The van der Waals surface area contributed by atoms with Crippen LogP contribution >= 0.6 is 15.9 Å². The highest BCUT2D eigenvalue weighted by atomic mass is 79.9. The number of anilines is 2. The molecule has 5 rings (SSSR count). The number of fused-ring (bicyclic) bond motifs is 1. The predicted octanol–water partition coefficient (Wildman–Crippen LogP) is 4.81. The van der Waals surface area contributed by atoms with Crippen LogP contribution in [0.25, 0.3) is 0 Å². The molecule has 2 amide bonds. The first-order valence-corrected chi connectivity index (χ1v) is 10.6. The Morgan fingerprint density at radius 1 is 0.833 bits per heavy atom. The third-order valence-electron chi connectivity index (χ3n) is 5.64.